The Morgan fingerprint density at radius 1 is 1.09 bits per heavy atom. The number of ether oxygens (including phenoxy) is 1. The van der Waals surface area contributed by atoms with Crippen LogP contribution in [-0.2, 0) is 16.0 Å². The first-order valence-corrected chi connectivity index (χ1v) is 12.7. The smallest absolute Gasteiger partial charge is 0.247 e. The highest BCUT2D eigenvalue weighted by atomic mass is 16.5. The second kappa shape index (κ2) is 10.7. The van der Waals surface area contributed by atoms with Crippen LogP contribution in [0.1, 0.15) is 73.1 Å². The number of aromatic nitrogens is 4. The fraction of sp³-hybridized carbons (Fsp3) is 0.577. The Bertz CT molecular complexity index is 1180. The highest BCUT2D eigenvalue weighted by Gasteiger charge is 2.27. The molecule has 1 aromatic carbocycles. The van der Waals surface area contributed by atoms with Crippen LogP contribution in [0.25, 0.3) is 10.9 Å². The number of fused-ring (bicyclic) bond motifs is 1. The highest BCUT2D eigenvalue weighted by Crippen LogP contribution is 2.26. The van der Waals surface area contributed by atoms with Crippen LogP contribution in [0, 0.1) is 12.8 Å². The Hall–Kier alpha value is -3.07. The molecule has 2 aliphatic rings. The summed E-state index contributed by atoms with van der Waals surface area (Å²) in [6.07, 6.45) is 5.76. The molecule has 2 saturated heterocycles. The summed E-state index contributed by atoms with van der Waals surface area (Å²) in [6, 6.07) is 7.73. The average molecular weight is 480 g/mol. The number of hydrogen-bond acceptors (Lipinski definition) is 7. The second-order valence-electron chi connectivity index (χ2n) is 9.75. The fourth-order valence-electron chi connectivity index (χ4n) is 5.24. The van der Waals surface area contributed by atoms with Crippen molar-refractivity contribution in [2.75, 3.05) is 26.3 Å². The van der Waals surface area contributed by atoms with Crippen molar-refractivity contribution < 1.29 is 18.8 Å². The van der Waals surface area contributed by atoms with Crippen molar-refractivity contribution in [3.8, 4) is 0 Å². The van der Waals surface area contributed by atoms with E-state index in [4.69, 9.17) is 9.26 Å². The summed E-state index contributed by atoms with van der Waals surface area (Å²) in [4.78, 5) is 32.2. The van der Waals surface area contributed by atoms with Gasteiger partial charge in [0.05, 0.1) is 11.2 Å². The van der Waals surface area contributed by atoms with E-state index in [2.05, 4.69) is 15.2 Å². The maximum Gasteiger partial charge on any atom is 0.247 e. The summed E-state index contributed by atoms with van der Waals surface area (Å²) < 4.78 is 12.4. The first kappa shape index (κ1) is 23.7. The number of piperidine rings is 1. The number of carbonyl (C=O) groups is 2. The molecule has 2 fully saturated rings. The lowest BCUT2D eigenvalue weighted by Crippen LogP contribution is -2.40. The van der Waals surface area contributed by atoms with E-state index in [1.807, 2.05) is 36.1 Å². The Kier molecular flexibility index (Phi) is 7.22. The number of hydrogen-bond donors (Lipinski definition) is 0. The van der Waals surface area contributed by atoms with Gasteiger partial charge in [0.1, 0.15) is 0 Å². The molecule has 0 N–H and O–H groups in total. The van der Waals surface area contributed by atoms with Gasteiger partial charge in [-0.25, -0.2) is 0 Å². The topological polar surface area (TPSA) is 103 Å². The quantitative estimate of drug-likeness (QED) is 0.506. The average Bonchev–Trinajstić information content (AvgIpc) is 3.49. The molecule has 0 spiro atoms. The van der Waals surface area contributed by atoms with Gasteiger partial charge in [0.2, 0.25) is 17.7 Å². The van der Waals surface area contributed by atoms with E-state index in [9.17, 15) is 9.59 Å². The Morgan fingerprint density at radius 2 is 1.89 bits per heavy atom. The molecule has 1 unspecified atom stereocenters. The largest absolute Gasteiger partial charge is 0.381 e. The Labute approximate surface area is 204 Å². The van der Waals surface area contributed by atoms with Crippen molar-refractivity contribution in [2.45, 2.75) is 64.2 Å². The number of carbonyl (C=O) groups excluding carboxylic acids is 2. The fourth-order valence-corrected chi connectivity index (χ4v) is 5.24. The molecule has 2 aromatic heterocycles. The molecule has 0 saturated carbocycles. The standard InChI is InChI=1S/C26H33N5O4/c1-18-21-7-2-3-8-22(21)31(28-18)25(33)10-4-9-24(32)30-13-5-6-19(17-30)16-23-27-26(29-35-23)20-11-14-34-15-12-20/h2-3,7-8,19-20H,4-6,9-17H2,1H3. The first-order valence-electron chi connectivity index (χ1n) is 12.7. The van der Waals surface area contributed by atoms with Gasteiger partial charge in [0.25, 0.3) is 0 Å². The van der Waals surface area contributed by atoms with Crippen LogP contribution in [0.5, 0.6) is 0 Å². The molecule has 2 aliphatic heterocycles. The zero-order valence-electron chi connectivity index (χ0n) is 20.3. The predicted octanol–water partition coefficient (Wildman–Crippen LogP) is 3.91. The molecular formula is C26H33N5O4. The summed E-state index contributed by atoms with van der Waals surface area (Å²) >= 11 is 0. The van der Waals surface area contributed by atoms with Gasteiger partial charge in [-0.05, 0) is 51.0 Å². The number of para-hydroxylation sites is 1. The minimum Gasteiger partial charge on any atom is -0.381 e. The van der Waals surface area contributed by atoms with Crippen molar-refractivity contribution in [1.29, 1.82) is 0 Å². The summed E-state index contributed by atoms with van der Waals surface area (Å²) in [5.74, 6) is 2.12. The summed E-state index contributed by atoms with van der Waals surface area (Å²) in [5.41, 5.74) is 1.66. The number of rotatable bonds is 7. The van der Waals surface area contributed by atoms with Gasteiger partial charge in [-0.1, -0.05) is 23.4 Å². The van der Waals surface area contributed by atoms with Crippen LogP contribution >= 0.6 is 0 Å². The number of aryl methyl sites for hydroxylation is 1. The first-order chi connectivity index (χ1) is 17.1. The molecule has 3 aromatic rings. The van der Waals surface area contributed by atoms with E-state index in [0.29, 0.717) is 50.0 Å². The molecule has 1 atom stereocenters. The highest BCUT2D eigenvalue weighted by molar-refractivity contribution is 5.92. The van der Waals surface area contributed by atoms with Crippen molar-refractivity contribution >= 4 is 22.7 Å². The maximum atomic E-state index is 12.9. The van der Waals surface area contributed by atoms with Gasteiger partial charge in [-0.2, -0.15) is 14.8 Å². The van der Waals surface area contributed by atoms with E-state index in [1.54, 1.807) is 0 Å². The molecule has 9 heteroatoms. The Morgan fingerprint density at radius 3 is 2.74 bits per heavy atom. The molecule has 0 aliphatic carbocycles. The van der Waals surface area contributed by atoms with Crippen molar-refractivity contribution in [2.24, 2.45) is 5.92 Å². The predicted molar refractivity (Wildman–Crippen MR) is 129 cm³/mol. The van der Waals surface area contributed by atoms with Gasteiger partial charge in [-0.15, -0.1) is 0 Å². The number of nitrogens with zero attached hydrogens (tertiary/aromatic N) is 5. The van der Waals surface area contributed by atoms with E-state index < -0.39 is 0 Å². The van der Waals surface area contributed by atoms with Crippen LogP contribution in [0.15, 0.2) is 28.8 Å². The second-order valence-corrected chi connectivity index (χ2v) is 9.75. The lowest BCUT2D eigenvalue weighted by Gasteiger charge is -2.32. The molecule has 4 heterocycles. The SMILES string of the molecule is Cc1nn(C(=O)CCCC(=O)N2CCCC(Cc3nc(C4CCOCC4)no3)C2)c2ccccc12. The van der Waals surface area contributed by atoms with Crippen LogP contribution in [-0.4, -0.2) is 62.9 Å². The van der Waals surface area contributed by atoms with Gasteiger partial charge < -0.3 is 14.2 Å². The Balaban J connectivity index is 1.10. The van der Waals surface area contributed by atoms with Gasteiger partial charge in [0, 0.05) is 56.9 Å². The third-order valence-electron chi connectivity index (χ3n) is 7.19. The van der Waals surface area contributed by atoms with Crippen molar-refractivity contribution in [3.63, 3.8) is 0 Å². The van der Waals surface area contributed by atoms with E-state index >= 15 is 0 Å². The van der Waals surface area contributed by atoms with Gasteiger partial charge in [0.15, 0.2) is 5.82 Å². The zero-order chi connectivity index (χ0) is 24.2. The summed E-state index contributed by atoms with van der Waals surface area (Å²) in [7, 11) is 0. The van der Waals surface area contributed by atoms with E-state index in [1.165, 1.54) is 4.68 Å². The minimum absolute atomic E-state index is 0.0738. The number of likely N-dealkylation sites (tertiary alicyclic amines) is 1. The monoisotopic (exact) mass is 479 g/mol. The number of amides is 1. The van der Waals surface area contributed by atoms with Crippen LogP contribution < -0.4 is 0 Å². The summed E-state index contributed by atoms with van der Waals surface area (Å²) in [5, 5.41) is 9.59. The molecular weight excluding hydrogens is 446 g/mol. The molecule has 5 rings (SSSR count). The molecule has 186 valence electrons. The lowest BCUT2D eigenvalue weighted by molar-refractivity contribution is -0.133. The third-order valence-corrected chi connectivity index (χ3v) is 7.19. The lowest BCUT2D eigenvalue weighted by atomic mass is 9.94. The van der Waals surface area contributed by atoms with Gasteiger partial charge in [-0.3, -0.25) is 9.59 Å². The molecule has 0 radical (unpaired) electrons. The molecule has 0 bridgehead atoms. The van der Waals surface area contributed by atoms with Crippen molar-refractivity contribution in [1.82, 2.24) is 24.8 Å². The summed E-state index contributed by atoms with van der Waals surface area (Å²) in [6.45, 7) is 4.87. The van der Waals surface area contributed by atoms with Crippen LogP contribution in [0.2, 0.25) is 0 Å². The normalized spacial score (nSPS) is 19.3. The zero-order valence-corrected chi connectivity index (χ0v) is 20.3. The van der Waals surface area contributed by atoms with E-state index in [0.717, 1.165) is 67.9 Å². The molecule has 35 heavy (non-hydrogen) atoms. The van der Waals surface area contributed by atoms with Crippen LogP contribution in [0.4, 0.5) is 0 Å². The number of benzene rings is 1. The minimum atomic E-state index is -0.0738. The van der Waals surface area contributed by atoms with E-state index in [-0.39, 0.29) is 11.8 Å². The maximum absolute atomic E-state index is 12.9. The van der Waals surface area contributed by atoms with Crippen LogP contribution in [0.3, 0.4) is 0 Å². The van der Waals surface area contributed by atoms with Gasteiger partial charge >= 0.3 is 0 Å². The molecule has 1 amide bonds. The molecule has 9 nitrogen and oxygen atoms in total. The third kappa shape index (κ3) is 5.45. The van der Waals surface area contributed by atoms with Crippen molar-refractivity contribution in [3.05, 3.63) is 41.7 Å².